The van der Waals surface area contributed by atoms with E-state index < -0.39 is 15.5 Å². The van der Waals surface area contributed by atoms with Crippen LogP contribution in [0.4, 0.5) is 13.2 Å². The van der Waals surface area contributed by atoms with Crippen LogP contribution < -0.4 is 10.6 Å². The minimum atomic E-state index is -5.23. The molecule has 0 bridgehead atoms. The van der Waals surface area contributed by atoms with Crippen LogP contribution in [0.1, 0.15) is 32.6 Å². The van der Waals surface area contributed by atoms with Crippen molar-refractivity contribution in [3.05, 3.63) is 0 Å². The zero-order chi connectivity index (χ0) is 19.6. The molecular formula is C15H29F3N4O3S. The molecule has 0 amide bonds. The number of halogens is 3. The third kappa shape index (κ3) is 7.28. The Morgan fingerprint density at radius 2 is 1.88 bits per heavy atom. The van der Waals surface area contributed by atoms with Gasteiger partial charge in [-0.3, -0.25) is 4.99 Å². The molecule has 0 radical (unpaired) electrons. The van der Waals surface area contributed by atoms with E-state index in [2.05, 4.69) is 22.5 Å². The molecule has 7 nitrogen and oxygen atoms in total. The number of rotatable bonds is 9. The molecule has 26 heavy (non-hydrogen) atoms. The standard InChI is InChI=1S/C15H29F3N4O3S/c1-3-4-10-25-11-7-20-14(19-2)21-12-13-5-8-22(9-6-13)26(23,24)15(16,17)18/h13H,3-12H2,1-2H3,(H2,19,20,21). The second kappa shape index (κ2) is 10.9. The highest BCUT2D eigenvalue weighted by molar-refractivity contribution is 7.90. The molecule has 1 aliphatic heterocycles. The number of alkyl halides is 3. The second-order valence-corrected chi connectivity index (χ2v) is 8.07. The lowest BCUT2D eigenvalue weighted by Gasteiger charge is -2.31. The number of hydrogen-bond acceptors (Lipinski definition) is 4. The number of piperidine rings is 1. The minimum absolute atomic E-state index is 0.0917. The molecule has 11 heteroatoms. The minimum Gasteiger partial charge on any atom is -0.380 e. The summed E-state index contributed by atoms with van der Waals surface area (Å²) in [5, 5.41) is 6.22. The SMILES string of the molecule is CCCCOCCNC(=NC)NCC1CCN(S(=O)(=O)C(F)(F)F)CC1. The molecule has 0 spiro atoms. The van der Waals surface area contributed by atoms with E-state index in [-0.39, 0.29) is 19.0 Å². The van der Waals surface area contributed by atoms with Crippen molar-refractivity contribution in [1.82, 2.24) is 14.9 Å². The molecule has 0 aromatic heterocycles. The zero-order valence-electron chi connectivity index (χ0n) is 15.3. The summed E-state index contributed by atoms with van der Waals surface area (Å²) in [6.07, 6.45) is 2.86. The molecule has 154 valence electrons. The van der Waals surface area contributed by atoms with Gasteiger partial charge in [0.25, 0.3) is 0 Å². The fraction of sp³-hybridized carbons (Fsp3) is 0.933. The van der Waals surface area contributed by atoms with E-state index in [0.29, 0.717) is 42.8 Å². The number of nitrogens with one attached hydrogen (secondary N) is 2. The van der Waals surface area contributed by atoms with E-state index in [1.165, 1.54) is 0 Å². The van der Waals surface area contributed by atoms with Gasteiger partial charge in [0.1, 0.15) is 0 Å². The second-order valence-electron chi connectivity index (χ2n) is 6.14. The topological polar surface area (TPSA) is 83.0 Å². The molecule has 1 fully saturated rings. The molecule has 0 aromatic carbocycles. The van der Waals surface area contributed by atoms with Crippen molar-refractivity contribution in [3.63, 3.8) is 0 Å². The number of sulfonamides is 1. The number of hydrogen-bond donors (Lipinski definition) is 2. The van der Waals surface area contributed by atoms with Gasteiger partial charge in [0.15, 0.2) is 5.96 Å². The molecule has 0 unspecified atom stereocenters. The molecule has 1 rings (SSSR count). The zero-order valence-corrected chi connectivity index (χ0v) is 16.1. The fourth-order valence-corrected chi connectivity index (χ4v) is 3.54. The predicted molar refractivity (Wildman–Crippen MR) is 94.4 cm³/mol. The molecular weight excluding hydrogens is 373 g/mol. The van der Waals surface area contributed by atoms with Gasteiger partial charge in [0.2, 0.25) is 0 Å². The summed E-state index contributed by atoms with van der Waals surface area (Å²) in [6.45, 7) is 4.27. The highest BCUT2D eigenvalue weighted by Gasteiger charge is 2.50. The van der Waals surface area contributed by atoms with E-state index in [1.807, 2.05) is 0 Å². The van der Waals surface area contributed by atoms with Gasteiger partial charge in [-0.15, -0.1) is 0 Å². The summed E-state index contributed by atoms with van der Waals surface area (Å²) in [5.41, 5.74) is -5.23. The maximum absolute atomic E-state index is 12.6. The van der Waals surface area contributed by atoms with E-state index in [9.17, 15) is 21.6 Å². The number of ether oxygens (including phenoxy) is 1. The van der Waals surface area contributed by atoms with Crippen LogP contribution in [0.2, 0.25) is 0 Å². The smallest absolute Gasteiger partial charge is 0.380 e. The van der Waals surface area contributed by atoms with Gasteiger partial charge in [-0.25, -0.2) is 8.42 Å². The van der Waals surface area contributed by atoms with Gasteiger partial charge < -0.3 is 15.4 Å². The molecule has 0 saturated carbocycles. The molecule has 1 saturated heterocycles. The summed E-state index contributed by atoms with van der Waals surface area (Å²) < 4.78 is 66.4. The monoisotopic (exact) mass is 402 g/mol. The first-order valence-corrected chi connectivity index (χ1v) is 10.2. The maximum atomic E-state index is 12.6. The molecule has 0 aromatic rings. The molecule has 0 atom stereocenters. The largest absolute Gasteiger partial charge is 0.511 e. The number of unbranched alkanes of at least 4 members (excludes halogenated alkanes) is 1. The van der Waals surface area contributed by atoms with Crippen LogP contribution in [-0.4, -0.2) is 70.6 Å². The van der Waals surface area contributed by atoms with Gasteiger partial charge in [0.05, 0.1) is 6.61 Å². The Labute approximate surface area is 153 Å². The Kier molecular flexibility index (Phi) is 9.66. The average Bonchev–Trinajstić information content (AvgIpc) is 2.60. The van der Waals surface area contributed by atoms with E-state index in [1.54, 1.807) is 7.05 Å². The Morgan fingerprint density at radius 1 is 1.23 bits per heavy atom. The van der Waals surface area contributed by atoms with Crippen molar-refractivity contribution in [2.45, 2.75) is 38.1 Å². The van der Waals surface area contributed by atoms with Gasteiger partial charge in [-0.1, -0.05) is 13.3 Å². The third-order valence-electron chi connectivity index (χ3n) is 4.17. The number of aliphatic imine (C=N–C) groups is 1. The Morgan fingerprint density at radius 3 is 2.42 bits per heavy atom. The average molecular weight is 402 g/mol. The van der Waals surface area contributed by atoms with Crippen LogP contribution in [0, 0.1) is 5.92 Å². The first kappa shape index (κ1) is 23.0. The first-order chi connectivity index (χ1) is 12.2. The molecule has 1 heterocycles. The summed E-state index contributed by atoms with van der Waals surface area (Å²) in [6, 6.07) is 0. The van der Waals surface area contributed by atoms with Crippen molar-refractivity contribution < 1.29 is 26.3 Å². The van der Waals surface area contributed by atoms with E-state index in [0.717, 1.165) is 19.4 Å². The van der Waals surface area contributed by atoms with Crippen LogP contribution in [0.5, 0.6) is 0 Å². The van der Waals surface area contributed by atoms with E-state index in [4.69, 9.17) is 4.74 Å². The van der Waals surface area contributed by atoms with Crippen LogP contribution in [0.25, 0.3) is 0 Å². The lowest BCUT2D eigenvalue weighted by atomic mass is 9.98. The quantitative estimate of drug-likeness (QED) is 0.347. The van der Waals surface area contributed by atoms with Crippen molar-refractivity contribution >= 4 is 16.0 Å². The number of guanidine groups is 1. The van der Waals surface area contributed by atoms with Crippen LogP contribution in [-0.2, 0) is 14.8 Å². The molecule has 2 N–H and O–H groups in total. The molecule has 0 aliphatic carbocycles. The normalized spacial score (nSPS) is 18.1. The summed E-state index contributed by atoms with van der Waals surface area (Å²) in [4.78, 5) is 4.08. The Bertz CT molecular complexity index is 533. The first-order valence-electron chi connectivity index (χ1n) is 8.81. The van der Waals surface area contributed by atoms with Crippen LogP contribution >= 0.6 is 0 Å². The van der Waals surface area contributed by atoms with Crippen LogP contribution in [0.15, 0.2) is 4.99 Å². The highest BCUT2D eigenvalue weighted by Crippen LogP contribution is 2.30. The van der Waals surface area contributed by atoms with Gasteiger partial charge in [0, 0.05) is 39.8 Å². The Hall–Kier alpha value is -1.07. The predicted octanol–water partition coefficient (Wildman–Crippen LogP) is 1.53. The maximum Gasteiger partial charge on any atom is 0.511 e. The van der Waals surface area contributed by atoms with Gasteiger partial charge >= 0.3 is 15.5 Å². The van der Waals surface area contributed by atoms with E-state index >= 15 is 0 Å². The fourth-order valence-electron chi connectivity index (χ4n) is 2.55. The van der Waals surface area contributed by atoms with Gasteiger partial charge in [-0.05, 0) is 25.2 Å². The summed E-state index contributed by atoms with van der Waals surface area (Å²) in [7, 11) is -3.59. The van der Waals surface area contributed by atoms with Crippen LogP contribution in [0.3, 0.4) is 0 Å². The van der Waals surface area contributed by atoms with Crippen molar-refractivity contribution in [2.24, 2.45) is 10.9 Å². The Balaban J connectivity index is 2.28. The summed E-state index contributed by atoms with van der Waals surface area (Å²) in [5.74, 6) is 0.684. The number of nitrogens with zero attached hydrogens (tertiary/aromatic N) is 2. The van der Waals surface area contributed by atoms with Crippen molar-refractivity contribution in [3.8, 4) is 0 Å². The van der Waals surface area contributed by atoms with Crippen molar-refractivity contribution in [2.75, 3.05) is 46.4 Å². The lowest BCUT2D eigenvalue weighted by Crippen LogP contribution is -2.47. The molecule has 1 aliphatic rings. The summed E-state index contributed by atoms with van der Waals surface area (Å²) >= 11 is 0. The lowest BCUT2D eigenvalue weighted by molar-refractivity contribution is -0.0496. The third-order valence-corrected chi connectivity index (χ3v) is 5.80. The highest BCUT2D eigenvalue weighted by atomic mass is 32.2. The van der Waals surface area contributed by atoms with Crippen molar-refractivity contribution in [1.29, 1.82) is 0 Å². The van der Waals surface area contributed by atoms with Gasteiger partial charge in [-0.2, -0.15) is 17.5 Å².